The van der Waals surface area contributed by atoms with E-state index in [0.29, 0.717) is 6.67 Å². The first-order chi connectivity index (χ1) is 25.3. The highest BCUT2D eigenvalue weighted by molar-refractivity contribution is 7.28. The number of anilines is 2. The lowest BCUT2D eigenvalue weighted by molar-refractivity contribution is 0.306. The minimum absolute atomic E-state index is 0.0905. The second kappa shape index (κ2) is 11.0. The Hall–Kier alpha value is -6.09. The molecular weight excluding hydrogens is 647 g/mol. The van der Waals surface area contributed by atoms with Crippen LogP contribution in [0.5, 0.6) is 0 Å². The Morgan fingerprint density at radius 3 is 2.45 bits per heavy atom. The van der Waals surface area contributed by atoms with E-state index in [1.165, 1.54) is 81.3 Å². The van der Waals surface area contributed by atoms with Crippen molar-refractivity contribution in [3.8, 4) is 0 Å². The molecule has 0 aliphatic carbocycles. The minimum Gasteiger partial charge on any atom is -0.348 e. The van der Waals surface area contributed by atoms with Gasteiger partial charge in [0.25, 0.3) is 0 Å². The highest BCUT2D eigenvalue weighted by atomic mass is 32.1. The van der Waals surface area contributed by atoms with E-state index in [9.17, 15) is 0 Å². The van der Waals surface area contributed by atoms with Crippen LogP contribution in [-0.2, 0) is 6.67 Å². The Morgan fingerprint density at radius 1 is 0.725 bits per heavy atom. The van der Waals surface area contributed by atoms with Crippen molar-refractivity contribution in [2.24, 2.45) is 15.0 Å². The van der Waals surface area contributed by atoms with Crippen LogP contribution in [0, 0.1) is 0 Å². The summed E-state index contributed by atoms with van der Waals surface area (Å²) < 4.78 is 4.96. The zero-order chi connectivity index (χ0) is 33.6. The molecule has 11 rings (SSSR count). The number of fused-ring (bicyclic) bond motifs is 17. The van der Waals surface area contributed by atoms with E-state index in [1.807, 2.05) is 11.3 Å². The second-order valence-electron chi connectivity index (χ2n) is 13.3. The van der Waals surface area contributed by atoms with Gasteiger partial charge in [-0.15, -0.1) is 11.3 Å². The van der Waals surface area contributed by atoms with Gasteiger partial charge in [-0.3, -0.25) is 15.3 Å². The van der Waals surface area contributed by atoms with Crippen LogP contribution < -0.4 is 10.2 Å². The van der Waals surface area contributed by atoms with Crippen molar-refractivity contribution in [3.05, 3.63) is 133 Å². The van der Waals surface area contributed by atoms with Gasteiger partial charge < -0.3 is 14.4 Å². The number of allylic oxidation sites excluding steroid dienone is 2. The number of para-hydroxylation sites is 2. The van der Waals surface area contributed by atoms with Crippen molar-refractivity contribution in [2.75, 3.05) is 4.90 Å². The summed E-state index contributed by atoms with van der Waals surface area (Å²) in [6.45, 7) is 3.92. The number of aliphatic imine (C=N–C) groups is 3. The van der Waals surface area contributed by atoms with E-state index < -0.39 is 0 Å². The first kappa shape index (κ1) is 28.7. The van der Waals surface area contributed by atoms with Crippen LogP contribution in [-0.4, -0.2) is 41.2 Å². The van der Waals surface area contributed by atoms with Crippen molar-refractivity contribution in [3.63, 3.8) is 0 Å². The fourth-order valence-corrected chi connectivity index (χ4v) is 10.3. The van der Waals surface area contributed by atoms with Crippen molar-refractivity contribution in [1.29, 1.82) is 0 Å². The molecule has 1 saturated heterocycles. The van der Waals surface area contributed by atoms with Crippen LogP contribution in [0.15, 0.2) is 143 Å². The summed E-state index contributed by atoms with van der Waals surface area (Å²) >= 11 is 1.93. The van der Waals surface area contributed by atoms with Crippen molar-refractivity contribution in [2.45, 2.75) is 25.0 Å². The van der Waals surface area contributed by atoms with E-state index in [2.05, 4.69) is 169 Å². The standard InChI is InChI=1S/C43H31N7S/c1-44-23-45-24-46-25-49-32-16-6-4-14-29(32)37-38-31-21-20-26-11-10-18-34(36(26)42(31)51-41(38)28-13-3-2-12-27(28)39(37)49)50-33-17-7-5-15-30(33)40-43(50)47-35-19-8-9-22-48(35)40/h2-24,35,40,43,47H,1,25H2/b45-23?,46-24-. The number of rotatable bonds is 5. The number of hydrogen-bond donors (Lipinski definition) is 1. The summed E-state index contributed by atoms with van der Waals surface area (Å²) in [7, 11) is 0. The molecule has 2 aromatic heterocycles. The van der Waals surface area contributed by atoms with E-state index >= 15 is 0 Å². The van der Waals surface area contributed by atoms with E-state index in [1.54, 1.807) is 6.34 Å². The molecule has 0 saturated carbocycles. The summed E-state index contributed by atoms with van der Waals surface area (Å²) in [4.78, 5) is 17.6. The first-order valence-electron chi connectivity index (χ1n) is 17.2. The number of benzene rings is 6. The van der Waals surface area contributed by atoms with Crippen molar-refractivity contribution < 1.29 is 0 Å². The van der Waals surface area contributed by atoms with Gasteiger partial charge in [0.1, 0.15) is 31.7 Å². The third-order valence-corrected chi connectivity index (χ3v) is 12.1. The van der Waals surface area contributed by atoms with Crippen LogP contribution in [0.1, 0.15) is 11.6 Å². The van der Waals surface area contributed by atoms with Gasteiger partial charge in [0.05, 0.1) is 22.8 Å². The summed E-state index contributed by atoms with van der Waals surface area (Å²) in [5, 5.41) is 14.1. The average molecular weight is 678 g/mol. The van der Waals surface area contributed by atoms with Crippen LogP contribution in [0.3, 0.4) is 0 Å². The molecule has 3 aliphatic rings. The van der Waals surface area contributed by atoms with Crippen molar-refractivity contribution >= 4 is 106 Å². The lowest BCUT2D eigenvalue weighted by Gasteiger charge is -2.28. The Bertz CT molecular complexity index is 2890. The molecule has 0 radical (unpaired) electrons. The quantitative estimate of drug-likeness (QED) is 0.146. The highest BCUT2D eigenvalue weighted by Gasteiger charge is 2.49. The maximum Gasteiger partial charge on any atom is 0.116 e. The molecule has 1 N–H and O–H groups in total. The van der Waals surface area contributed by atoms with Crippen LogP contribution in [0.2, 0.25) is 0 Å². The molecule has 5 heterocycles. The largest absolute Gasteiger partial charge is 0.348 e. The van der Waals surface area contributed by atoms with Gasteiger partial charge in [-0.25, -0.2) is 4.99 Å². The Kier molecular flexibility index (Phi) is 6.17. The maximum absolute atomic E-state index is 4.69. The van der Waals surface area contributed by atoms with E-state index in [4.69, 9.17) is 0 Å². The topological polar surface area (TPSA) is 60.5 Å². The summed E-state index contributed by atoms with van der Waals surface area (Å²) in [5.74, 6) is 0. The van der Waals surface area contributed by atoms with Crippen LogP contribution in [0.25, 0.3) is 63.5 Å². The predicted molar refractivity (Wildman–Crippen MR) is 216 cm³/mol. The molecule has 3 unspecified atom stereocenters. The van der Waals surface area contributed by atoms with Gasteiger partial charge in [0.15, 0.2) is 0 Å². The molecular formula is C43H31N7S. The Balaban J connectivity index is 1.22. The fraction of sp³-hybridized carbons (Fsp3) is 0.0930. The van der Waals surface area contributed by atoms with E-state index in [-0.39, 0.29) is 18.4 Å². The lowest BCUT2D eigenvalue weighted by atomic mass is 9.98. The summed E-state index contributed by atoms with van der Waals surface area (Å²) in [6, 6.07) is 38.2. The molecule has 3 atom stereocenters. The van der Waals surface area contributed by atoms with E-state index in [0.717, 1.165) is 5.52 Å². The molecule has 0 amide bonds. The zero-order valence-corrected chi connectivity index (χ0v) is 28.3. The number of nitrogens with zero attached hydrogens (tertiary/aromatic N) is 6. The predicted octanol–water partition coefficient (Wildman–Crippen LogP) is 10.0. The zero-order valence-electron chi connectivity index (χ0n) is 27.5. The summed E-state index contributed by atoms with van der Waals surface area (Å²) in [5.41, 5.74) is 6.20. The van der Waals surface area contributed by atoms with Gasteiger partial charge in [-0.2, -0.15) is 0 Å². The average Bonchev–Trinajstić information content (AvgIpc) is 3.92. The highest BCUT2D eigenvalue weighted by Crippen LogP contribution is 2.54. The Morgan fingerprint density at radius 2 is 1.53 bits per heavy atom. The summed E-state index contributed by atoms with van der Waals surface area (Å²) in [6.07, 6.45) is 12.0. The molecule has 8 aromatic rings. The van der Waals surface area contributed by atoms with Gasteiger partial charge in [0, 0.05) is 64.6 Å². The third-order valence-electron chi connectivity index (χ3n) is 10.8. The first-order valence-corrected chi connectivity index (χ1v) is 18.1. The Labute approximate surface area is 297 Å². The SMILES string of the molecule is C=NC=N/C=N\Cn1c2ccccc2c2c3c4ccc5cccc(N6c7ccccc7C7C6NC6C=CC=CN67)c5c4sc3c3ccccc3c21. The smallest absolute Gasteiger partial charge is 0.116 e. The van der Waals surface area contributed by atoms with Gasteiger partial charge in [0.2, 0.25) is 0 Å². The van der Waals surface area contributed by atoms with Gasteiger partial charge in [-0.05, 0) is 42.5 Å². The number of aromatic nitrogens is 1. The monoisotopic (exact) mass is 677 g/mol. The molecule has 1 fully saturated rings. The van der Waals surface area contributed by atoms with Gasteiger partial charge >= 0.3 is 0 Å². The number of hydrogen-bond acceptors (Lipinski definition) is 5. The normalized spacial score (nSPS) is 19.6. The molecule has 8 heteroatoms. The molecule has 3 aliphatic heterocycles. The van der Waals surface area contributed by atoms with Crippen LogP contribution >= 0.6 is 11.3 Å². The molecule has 7 nitrogen and oxygen atoms in total. The second-order valence-corrected chi connectivity index (χ2v) is 14.3. The molecule has 0 bridgehead atoms. The third kappa shape index (κ3) is 3.94. The van der Waals surface area contributed by atoms with Crippen LogP contribution in [0.4, 0.5) is 11.4 Å². The maximum atomic E-state index is 4.69. The van der Waals surface area contributed by atoms with Gasteiger partial charge in [-0.1, -0.05) is 91.0 Å². The minimum atomic E-state index is 0.0905. The fourth-order valence-electron chi connectivity index (χ4n) is 8.94. The molecule has 51 heavy (non-hydrogen) atoms. The lowest BCUT2D eigenvalue weighted by Crippen LogP contribution is -2.40. The number of nitrogens with one attached hydrogen (secondary N) is 1. The molecule has 0 spiro atoms. The molecule has 244 valence electrons. The molecule has 6 aromatic carbocycles. The number of thiophene rings is 1. The van der Waals surface area contributed by atoms with Crippen molar-refractivity contribution in [1.82, 2.24) is 14.8 Å².